The molecular weight excluding hydrogens is 420 g/mol. The number of halogens is 3. The Kier molecular flexibility index (Phi) is 6.73. The van der Waals surface area contributed by atoms with Crippen molar-refractivity contribution in [2.24, 2.45) is 0 Å². The first-order valence-electron chi connectivity index (χ1n) is 8.72. The Morgan fingerprint density at radius 3 is 2.63 bits per heavy atom. The Morgan fingerprint density at radius 1 is 1.17 bits per heavy atom. The maximum absolute atomic E-state index is 12.4. The number of methoxy groups -OCH3 is 1. The molecular formula is C20H18ClF2N3O4. The molecule has 0 spiro atoms. The molecule has 3 aromatic rings. The monoisotopic (exact) mass is 437 g/mol. The normalized spacial score (nSPS) is 10.7. The number of amides is 1. The van der Waals surface area contributed by atoms with E-state index in [-0.39, 0.29) is 23.9 Å². The minimum Gasteiger partial charge on any atom is -0.493 e. The third-order valence-corrected chi connectivity index (χ3v) is 4.24. The first-order chi connectivity index (χ1) is 14.4. The molecule has 0 aliphatic carbocycles. The van der Waals surface area contributed by atoms with Crippen LogP contribution in [0.25, 0.3) is 0 Å². The van der Waals surface area contributed by atoms with Gasteiger partial charge in [0.05, 0.1) is 7.11 Å². The van der Waals surface area contributed by atoms with E-state index < -0.39 is 12.5 Å². The van der Waals surface area contributed by atoms with Gasteiger partial charge in [-0.3, -0.25) is 4.79 Å². The average Bonchev–Trinajstić information content (AvgIpc) is 3.17. The van der Waals surface area contributed by atoms with Crippen LogP contribution in [0.4, 0.5) is 14.5 Å². The van der Waals surface area contributed by atoms with Gasteiger partial charge in [-0.1, -0.05) is 11.6 Å². The molecule has 3 rings (SSSR count). The lowest BCUT2D eigenvalue weighted by Crippen LogP contribution is -2.14. The summed E-state index contributed by atoms with van der Waals surface area (Å²) in [7, 11) is 1.31. The number of benzene rings is 2. The fourth-order valence-electron chi connectivity index (χ4n) is 2.60. The van der Waals surface area contributed by atoms with E-state index in [2.05, 4.69) is 15.2 Å². The van der Waals surface area contributed by atoms with Gasteiger partial charge in [0.25, 0.3) is 5.91 Å². The van der Waals surface area contributed by atoms with E-state index in [0.717, 1.165) is 5.56 Å². The van der Waals surface area contributed by atoms with Crippen molar-refractivity contribution in [3.63, 3.8) is 0 Å². The van der Waals surface area contributed by atoms with E-state index in [9.17, 15) is 13.6 Å². The molecule has 1 N–H and O–H groups in total. The van der Waals surface area contributed by atoms with Gasteiger partial charge in [-0.15, -0.1) is 0 Å². The molecule has 2 aromatic carbocycles. The molecule has 0 unspecified atom stereocenters. The molecule has 0 fully saturated rings. The van der Waals surface area contributed by atoms with E-state index in [4.69, 9.17) is 21.1 Å². The third kappa shape index (κ3) is 5.38. The molecule has 30 heavy (non-hydrogen) atoms. The molecule has 0 aliphatic heterocycles. The molecule has 0 aliphatic rings. The highest BCUT2D eigenvalue weighted by Gasteiger charge is 2.14. The van der Waals surface area contributed by atoms with Crippen LogP contribution in [0.3, 0.4) is 0 Å². The summed E-state index contributed by atoms with van der Waals surface area (Å²) in [4.78, 5) is 12.4. The fourth-order valence-corrected chi connectivity index (χ4v) is 2.83. The van der Waals surface area contributed by atoms with Crippen molar-refractivity contribution < 1.29 is 27.8 Å². The number of hydrogen-bond acceptors (Lipinski definition) is 5. The van der Waals surface area contributed by atoms with E-state index in [1.54, 1.807) is 24.4 Å². The minimum absolute atomic E-state index is 0.0605. The predicted octanol–water partition coefficient (Wildman–Crippen LogP) is 4.74. The van der Waals surface area contributed by atoms with Gasteiger partial charge in [-0.2, -0.15) is 13.9 Å². The highest BCUT2D eigenvalue weighted by Crippen LogP contribution is 2.31. The summed E-state index contributed by atoms with van der Waals surface area (Å²) in [5.74, 6) is 0.0925. The van der Waals surface area contributed by atoms with Crippen LogP contribution in [0.1, 0.15) is 16.1 Å². The average molecular weight is 438 g/mol. The van der Waals surface area contributed by atoms with Crippen molar-refractivity contribution in [2.45, 2.75) is 20.3 Å². The number of alkyl halides is 2. The molecule has 1 heterocycles. The number of nitrogens with zero attached hydrogens (tertiary/aromatic N) is 2. The molecule has 0 atom stereocenters. The van der Waals surface area contributed by atoms with Crippen molar-refractivity contribution in [2.75, 3.05) is 12.4 Å². The van der Waals surface area contributed by atoms with Gasteiger partial charge in [0.1, 0.15) is 5.75 Å². The molecule has 158 valence electrons. The fraction of sp³-hybridized carbons (Fsp3) is 0.200. The SMILES string of the molecule is COc1cc(NC(=O)c2ccn(COc3ccc(Cl)cc3C)n2)ccc1OC(F)F. The smallest absolute Gasteiger partial charge is 0.387 e. The van der Waals surface area contributed by atoms with Gasteiger partial charge in [0.15, 0.2) is 23.9 Å². The highest BCUT2D eigenvalue weighted by atomic mass is 35.5. The third-order valence-electron chi connectivity index (χ3n) is 4.00. The number of aromatic nitrogens is 2. The van der Waals surface area contributed by atoms with Crippen molar-refractivity contribution in [3.8, 4) is 17.2 Å². The van der Waals surface area contributed by atoms with Crippen LogP contribution >= 0.6 is 11.6 Å². The zero-order valence-corrected chi connectivity index (χ0v) is 16.8. The number of rotatable bonds is 8. The van der Waals surface area contributed by atoms with E-state index in [0.29, 0.717) is 16.5 Å². The highest BCUT2D eigenvalue weighted by molar-refractivity contribution is 6.30. The Labute approximate surface area is 176 Å². The van der Waals surface area contributed by atoms with Crippen molar-refractivity contribution >= 4 is 23.2 Å². The maximum Gasteiger partial charge on any atom is 0.387 e. The topological polar surface area (TPSA) is 74.6 Å². The van der Waals surface area contributed by atoms with Crippen LogP contribution in [0.5, 0.6) is 17.2 Å². The van der Waals surface area contributed by atoms with Gasteiger partial charge < -0.3 is 19.5 Å². The van der Waals surface area contributed by atoms with E-state index >= 15 is 0 Å². The number of anilines is 1. The number of aryl methyl sites for hydroxylation is 1. The van der Waals surface area contributed by atoms with Gasteiger partial charge in [0, 0.05) is 23.0 Å². The second-order valence-corrected chi connectivity index (χ2v) is 6.56. The predicted molar refractivity (Wildman–Crippen MR) is 107 cm³/mol. The first-order valence-corrected chi connectivity index (χ1v) is 9.10. The van der Waals surface area contributed by atoms with Gasteiger partial charge in [0.2, 0.25) is 0 Å². The van der Waals surface area contributed by atoms with Gasteiger partial charge >= 0.3 is 6.61 Å². The summed E-state index contributed by atoms with van der Waals surface area (Å²) >= 11 is 5.92. The van der Waals surface area contributed by atoms with Crippen LogP contribution in [-0.4, -0.2) is 29.4 Å². The summed E-state index contributed by atoms with van der Waals surface area (Å²) in [6, 6.07) is 10.9. The van der Waals surface area contributed by atoms with Crippen molar-refractivity contribution in [1.82, 2.24) is 9.78 Å². The Morgan fingerprint density at radius 2 is 1.93 bits per heavy atom. The second kappa shape index (κ2) is 9.45. The summed E-state index contributed by atoms with van der Waals surface area (Å²) in [6.45, 7) is -1.01. The Balaban J connectivity index is 1.63. The second-order valence-electron chi connectivity index (χ2n) is 6.12. The first kappa shape index (κ1) is 21.4. The zero-order valence-electron chi connectivity index (χ0n) is 16.1. The van der Waals surface area contributed by atoms with Crippen LogP contribution in [0, 0.1) is 6.92 Å². The largest absolute Gasteiger partial charge is 0.493 e. The van der Waals surface area contributed by atoms with Crippen LogP contribution in [-0.2, 0) is 6.73 Å². The molecule has 0 radical (unpaired) electrons. The lowest BCUT2D eigenvalue weighted by molar-refractivity contribution is -0.0512. The lowest BCUT2D eigenvalue weighted by Gasteiger charge is -2.11. The zero-order chi connectivity index (χ0) is 21.7. The number of hydrogen-bond donors (Lipinski definition) is 1. The van der Waals surface area contributed by atoms with Gasteiger partial charge in [-0.25, -0.2) is 4.68 Å². The van der Waals surface area contributed by atoms with E-state index in [1.165, 1.54) is 36.1 Å². The lowest BCUT2D eigenvalue weighted by atomic mass is 10.2. The van der Waals surface area contributed by atoms with Crippen molar-refractivity contribution in [3.05, 3.63) is 64.9 Å². The Hall–Kier alpha value is -3.33. The molecule has 0 saturated carbocycles. The minimum atomic E-state index is -2.98. The molecule has 0 saturated heterocycles. The number of carbonyl (C=O) groups excluding carboxylic acids is 1. The summed E-state index contributed by atoms with van der Waals surface area (Å²) in [5.41, 5.74) is 1.36. The molecule has 1 aromatic heterocycles. The van der Waals surface area contributed by atoms with Crippen LogP contribution < -0.4 is 19.5 Å². The summed E-state index contributed by atoms with van der Waals surface area (Å²) < 4.78 is 41.3. The number of ether oxygens (including phenoxy) is 3. The molecule has 10 heteroatoms. The van der Waals surface area contributed by atoms with Crippen molar-refractivity contribution in [1.29, 1.82) is 0 Å². The summed E-state index contributed by atoms with van der Waals surface area (Å²) in [5, 5.41) is 7.40. The number of carbonyl (C=O) groups is 1. The van der Waals surface area contributed by atoms with Crippen LogP contribution in [0.2, 0.25) is 5.02 Å². The van der Waals surface area contributed by atoms with E-state index in [1.807, 2.05) is 6.92 Å². The quantitative estimate of drug-likeness (QED) is 0.550. The standard InChI is InChI=1S/C20H18ClF2N3O4/c1-12-9-13(21)3-5-16(12)29-11-26-8-7-15(25-26)19(27)24-14-4-6-17(30-20(22)23)18(10-14)28-2/h3-10,20H,11H2,1-2H3,(H,24,27). The van der Waals surface area contributed by atoms with Gasteiger partial charge in [-0.05, 0) is 48.9 Å². The molecule has 1 amide bonds. The molecule has 0 bridgehead atoms. The number of nitrogens with one attached hydrogen (secondary N) is 1. The molecule has 7 nitrogen and oxygen atoms in total. The maximum atomic E-state index is 12.4. The summed E-state index contributed by atoms with van der Waals surface area (Å²) in [6.07, 6.45) is 1.60. The Bertz CT molecular complexity index is 1040. The van der Waals surface area contributed by atoms with Crippen LogP contribution in [0.15, 0.2) is 48.7 Å².